The maximum atomic E-state index is 13.5. The molecule has 0 saturated carbocycles. The second kappa shape index (κ2) is 8.44. The number of nitrogens with zero attached hydrogens (tertiary/aromatic N) is 3. The fourth-order valence-corrected chi connectivity index (χ4v) is 5.63. The Hall–Kier alpha value is -2.94. The number of amidine groups is 1. The third-order valence-corrected chi connectivity index (χ3v) is 7.91. The van der Waals surface area contributed by atoms with E-state index in [-0.39, 0.29) is 28.3 Å². The third-order valence-electron chi connectivity index (χ3n) is 5.29. The average molecular weight is 488 g/mol. The predicted molar refractivity (Wildman–Crippen MR) is 133 cm³/mol. The molecule has 0 spiro atoms. The number of nitrogen functional groups attached to an aromatic ring is 1. The zero-order valence-corrected chi connectivity index (χ0v) is 20.5. The summed E-state index contributed by atoms with van der Waals surface area (Å²) in [7, 11) is -2.45. The summed E-state index contributed by atoms with van der Waals surface area (Å²) in [5.41, 5.74) is 6.94. The summed E-state index contributed by atoms with van der Waals surface area (Å²) in [4.78, 5) is 13.5. The molecule has 11 heteroatoms. The smallest absolute Gasteiger partial charge is 0.348 e. The van der Waals surface area contributed by atoms with Gasteiger partial charge in [0, 0.05) is 30.3 Å². The second-order valence-corrected chi connectivity index (χ2v) is 11.8. The predicted octanol–water partition coefficient (Wildman–Crippen LogP) is 4.03. The van der Waals surface area contributed by atoms with Crippen molar-refractivity contribution in [2.45, 2.75) is 33.7 Å². The Kier molecular flexibility index (Phi) is 5.94. The van der Waals surface area contributed by atoms with Gasteiger partial charge in [-0.15, -0.1) is 0 Å². The van der Waals surface area contributed by atoms with E-state index in [2.05, 4.69) is 35.9 Å². The Morgan fingerprint density at radius 2 is 2.06 bits per heavy atom. The highest BCUT2D eigenvalue weighted by Gasteiger charge is 2.35. The van der Waals surface area contributed by atoms with Crippen molar-refractivity contribution >= 4 is 41.4 Å². The minimum Gasteiger partial charge on any atom is -0.505 e. The van der Waals surface area contributed by atoms with Crippen molar-refractivity contribution in [1.82, 2.24) is 9.78 Å². The van der Waals surface area contributed by atoms with Gasteiger partial charge in [-0.25, -0.2) is 4.68 Å². The van der Waals surface area contributed by atoms with E-state index >= 15 is 0 Å². The van der Waals surface area contributed by atoms with Gasteiger partial charge in [-0.1, -0.05) is 20.8 Å². The SMILES string of the molecule is COP1(=O)N=C(c2c(O)c(-c3ccsc3)nn(CCC(C)(C)C)c2=O)Nc2ccc(N)cc21. The topological polar surface area (TPSA) is 132 Å². The molecular formula is C22H26N5O4PS. The van der Waals surface area contributed by atoms with E-state index < -0.39 is 13.1 Å². The average Bonchev–Trinajstić information content (AvgIpc) is 3.28. The largest absolute Gasteiger partial charge is 0.505 e. The Balaban J connectivity index is 1.93. The summed E-state index contributed by atoms with van der Waals surface area (Å²) in [6.45, 7) is 6.56. The number of thiophene rings is 1. The van der Waals surface area contributed by atoms with Gasteiger partial charge in [0.15, 0.2) is 11.6 Å². The van der Waals surface area contributed by atoms with Crippen LogP contribution in [0, 0.1) is 5.41 Å². The number of fused-ring (bicyclic) bond motifs is 1. The Morgan fingerprint density at radius 3 is 2.70 bits per heavy atom. The van der Waals surface area contributed by atoms with Crippen LogP contribution in [-0.2, 0) is 15.6 Å². The van der Waals surface area contributed by atoms with Gasteiger partial charge in [0.05, 0.1) is 11.0 Å². The van der Waals surface area contributed by atoms with Crippen LogP contribution >= 0.6 is 18.9 Å². The maximum absolute atomic E-state index is 13.5. The standard InChI is InChI=1S/C22H26N5O4PS/c1-22(2,3)8-9-27-21(29)17(19(28)18(25-27)13-7-10-33-12-13)20-24-15-6-5-14(23)11-16(15)32(30,26-20)31-4/h5-7,10-12,28H,8-9,23H2,1-4H3,(H,24,26,30). The third kappa shape index (κ3) is 4.46. The molecule has 1 unspecified atom stereocenters. The number of rotatable bonds is 5. The van der Waals surface area contributed by atoms with Gasteiger partial charge < -0.3 is 20.7 Å². The number of benzene rings is 1. The molecule has 0 aliphatic carbocycles. The lowest BCUT2D eigenvalue weighted by Gasteiger charge is -2.25. The molecule has 3 aromatic rings. The molecule has 0 amide bonds. The minimum atomic E-state index is -3.74. The number of nitrogens with one attached hydrogen (secondary N) is 1. The zero-order valence-electron chi connectivity index (χ0n) is 18.8. The fourth-order valence-electron chi connectivity index (χ4n) is 3.44. The van der Waals surface area contributed by atoms with Gasteiger partial charge in [0.2, 0.25) is 0 Å². The Bertz CT molecular complexity index is 1340. The summed E-state index contributed by atoms with van der Waals surface area (Å²) in [6, 6.07) is 6.61. The van der Waals surface area contributed by atoms with Crippen molar-refractivity contribution in [1.29, 1.82) is 0 Å². The van der Waals surface area contributed by atoms with Gasteiger partial charge in [-0.2, -0.15) is 21.2 Å². The van der Waals surface area contributed by atoms with E-state index in [0.29, 0.717) is 35.2 Å². The molecule has 1 aromatic carbocycles. The van der Waals surface area contributed by atoms with Crippen molar-refractivity contribution in [2.24, 2.45) is 10.2 Å². The highest BCUT2D eigenvalue weighted by Crippen LogP contribution is 2.51. The van der Waals surface area contributed by atoms with Gasteiger partial charge >= 0.3 is 7.52 Å². The molecule has 0 radical (unpaired) electrons. The lowest BCUT2D eigenvalue weighted by molar-refractivity contribution is 0.335. The first-order valence-electron chi connectivity index (χ1n) is 10.3. The molecule has 0 bridgehead atoms. The van der Waals surface area contributed by atoms with Crippen LogP contribution in [0.15, 0.2) is 44.6 Å². The van der Waals surface area contributed by atoms with Crippen molar-refractivity contribution in [3.05, 3.63) is 50.9 Å². The molecule has 4 rings (SSSR count). The summed E-state index contributed by atoms with van der Waals surface area (Å²) in [6.07, 6.45) is 0.686. The number of hydrogen-bond acceptors (Lipinski definition) is 8. The van der Waals surface area contributed by atoms with Crippen LogP contribution < -0.4 is 21.9 Å². The number of anilines is 2. The maximum Gasteiger partial charge on any atom is 0.348 e. The van der Waals surface area contributed by atoms with Gasteiger partial charge in [-0.05, 0) is 41.5 Å². The molecule has 3 heterocycles. The monoisotopic (exact) mass is 487 g/mol. The van der Waals surface area contributed by atoms with Crippen molar-refractivity contribution < 1.29 is 14.2 Å². The molecule has 174 valence electrons. The normalized spacial score (nSPS) is 17.9. The van der Waals surface area contributed by atoms with E-state index in [1.54, 1.807) is 12.1 Å². The van der Waals surface area contributed by atoms with E-state index in [9.17, 15) is 14.5 Å². The molecule has 1 atom stereocenters. The van der Waals surface area contributed by atoms with E-state index in [4.69, 9.17) is 10.3 Å². The van der Waals surface area contributed by atoms with Crippen molar-refractivity contribution in [3.8, 4) is 17.0 Å². The lowest BCUT2D eigenvalue weighted by Crippen LogP contribution is -2.35. The molecule has 1 aliphatic rings. The van der Waals surface area contributed by atoms with Crippen LogP contribution in [0.2, 0.25) is 0 Å². The highest BCUT2D eigenvalue weighted by molar-refractivity contribution is 7.66. The van der Waals surface area contributed by atoms with E-state index in [0.717, 1.165) is 0 Å². The number of nitrogens with two attached hydrogens (primary N) is 1. The Labute approximate surface area is 195 Å². The molecule has 0 fully saturated rings. The van der Waals surface area contributed by atoms with Gasteiger partial charge in [-0.3, -0.25) is 9.36 Å². The molecular weight excluding hydrogens is 461 g/mol. The molecule has 0 saturated heterocycles. The van der Waals surface area contributed by atoms with Crippen LogP contribution in [0.4, 0.5) is 11.4 Å². The van der Waals surface area contributed by atoms with Crippen molar-refractivity contribution in [2.75, 3.05) is 18.2 Å². The van der Waals surface area contributed by atoms with Gasteiger partial charge in [0.1, 0.15) is 11.3 Å². The summed E-state index contributed by atoms with van der Waals surface area (Å²) >= 11 is 1.45. The Morgan fingerprint density at radius 1 is 1.30 bits per heavy atom. The molecule has 9 nitrogen and oxygen atoms in total. The fraction of sp³-hybridized carbons (Fsp3) is 0.318. The minimum absolute atomic E-state index is 0.0348. The lowest BCUT2D eigenvalue weighted by atomic mass is 9.92. The number of aromatic hydroxyl groups is 1. The zero-order chi connectivity index (χ0) is 24.0. The van der Waals surface area contributed by atoms with Crippen LogP contribution in [0.25, 0.3) is 11.3 Å². The van der Waals surface area contributed by atoms with E-state index in [1.807, 2.05) is 16.8 Å². The van der Waals surface area contributed by atoms with Crippen LogP contribution in [0.1, 0.15) is 32.8 Å². The second-order valence-electron chi connectivity index (χ2n) is 8.98. The summed E-state index contributed by atoms with van der Waals surface area (Å²) in [5, 5.41) is 22.6. The molecule has 33 heavy (non-hydrogen) atoms. The first-order valence-corrected chi connectivity index (χ1v) is 12.8. The van der Waals surface area contributed by atoms with Gasteiger partial charge in [0.25, 0.3) is 5.56 Å². The molecule has 4 N–H and O–H groups in total. The number of aryl methyl sites for hydroxylation is 1. The number of hydrogen-bond donors (Lipinski definition) is 3. The number of aromatic nitrogens is 2. The molecule has 1 aliphatic heterocycles. The van der Waals surface area contributed by atoms with Crippen LogP contribution in [-0.4, -0.2) is 27.8 Å². The first-order chi connectivity index (χ1) is 15.5. The summed E-state index contributed by atoms with van der Waals surface area (Å²) in [5.74, 6) is -0.374. The molecule has 2 aromatic heterocycles. The van der Waals surface area contributed by atoms with E-state index in [1.165, 1.54) is 29.2 Å². The van der Waals surface area contributed by atoms with Crippen LogP contribution in [0.5, 0.6) is 5.75 Å². The highest BCUT2D eigenvalue weighted by atomic mass is 32.1. The van der Waals surface area contributed by atoms with Crippen LogP contribution in [0.3, 0.4) is 0 Å². The quantitative estimate of drug-likeness (QED) is 0.366. The summed E-state index contributed by atoms with van der Waals surface area (Å²) < 4.78 is 24.4. The van der Waals surface area contributed by atoms with Crippen molar-refractivity contribution in [3.63, 3.8) is 0 Å². The first kappa shape index (κ1) is 23.2.